The number of anilines is 1. The van der Waals surface area contributed by atoms with Crippen molar-refractivity contribution in [2.45, 2.75) is 20.4 Å². The van der Waals surface area contributed by atoms with E-state index in [2.05, 4.69) is 31.2 Å². The maximum Gasteiger partial charge on any atom is 0.280 e. The number of nitrogens with one attached hydrogen (secondary N) is 1. The van der Waals surface area contributed by atoms with E-state index in [9.17, 15) is 10.0 Å². The Morgan fingerprint density at radius 2 is 2.23 bits per heavy atom. The number of carbonyl (C=O) groups is 1. The fourth-order valence-corrected chi connectivity index (χ4v) is 2.72. The standard InChI is InChI=1S/C14H14BrN5O2/c1-3-19-11-5-4-9(15)6-10(11)17-14(19)18-13(21)12-8(2)16-7-20(12)22/h4-7,22H,3H2,1-2H3,(H,17,18,21). The van der Waals surface area contributed by atoms with E-state index in [0.29, 0.717) is 22.9 Å². The van der Waals surface area contributed by atoms with Gasteiger partial charge in [0, 0.05) is 11.0 Å². The van der Waals surface area contributed by atoms with Gasteiger partial charge in [-0.1, -0.05) is 15.9 Å². The van der Waals surface area contributed by atoms with Crippen molar-refractivity contribution >= 4 is 38.8 Å². The van der Waals surface area contributed by atoms with Crippen LogP contribution in [-0.2, 0) is 6.54 Å². The molecule has 3 aromatic rings. The van der Waals surface area contributed by atoms with E-state index in [1.54, 1.807) is 6.92 Å². The summed E-state index contributed by atoms with van der Waals surface area (Å²) >= 11 is 3.41. The average molecular weight is 364 g/mol. The van der Waals surface area contributed by atoms with Gasteiger partial charge in [0.05, 0.1) is 16.7 Å². The molecule has 2 N–H and O–H groups in total. The first-order valence-corrected chi connectivity index (χ1v) is 7.51. The molecule has 22 heavy (non-hydrogen) atoms. The minimum atomic E-state index is -0.457. The zero-order valence-corrected chi connectivity index (χ0v) is 13.6. The van der Waals surface area contributed by atoms with Gasteiger partial charge < -0.3 is 9.77 Å². The maximum atomic E-state index is 12.3. The number of imidazole rings is 2. The van der Waals surface area contributed by atoms with Crippen LogP contribution in [0, 0.1) is 6.92 Å². The van der Waals surface area contributed by atoms with Crippen LogP contribution in [0.4, 0.5) is 5.95 Å². The molecule has 7 nitrogen and oxygen atoms in total. The topological polar surface area (TPSA) is 85.0 Å². The molecule has 0 aliphatic carbocycles. The number of benzene rings is 1. The number of fused-ring (bicyclic) bond motifs is 1. The molecule has 0 spiro atoms. The van der Waals surface area contributed by atoms with Crippen LogP contribution >= 0.6 is 15.9 Å². The molecule has 3 rings (SSSR count). The minimum Gasteiger partial charge on any atom is -0.427 e. The summed E-state index contributed by atoms with van der Waals surface area (Å²) in [4.78, 5) is 20.7. The van der Waals surface area contributed by atoms with Gasteiger partial charge in [0.15, 0.2) is 5.69 Å². The molecule has 1 aromatic carbocycles. The summed E-state index contributed by atoms with van der Waals surface area (Å²) in [7, 11) is 0. The van der Waals surface area contributed by atoms with Crippen molar-refractivity contribution in [1.29, 1.82) is 0 Å². The Morgan fingerprint density at radius 3 is 2.86 bits per heavy atom. The van der Waals surface area contributed by atoms with Gasteiger partial charge in [-0.05, 0) is 32.0 Å². The third kappa shape index (κ3) is 2.35. The SMILES string of the molecule is CCn1c(NC(=O)c2c(C)ncn2O)nc2cc(Br)ccc21. The van der Waals surface area contributed by atoms with Gasteiger partial charge in [-0.3, -0.25) is 10.1 Å². The van der Waals surface area contributed by atoms with Crippen molar-refractivity contribution < 1.29 is 10.0 Å². The molecular weight excluding hydrogens is 350 g/mol. The molecule has 2 heterocycles. The molecule has 0 atom stereocenters. The van der Waals surface area contributed by atoms with E-state index in [0.717, 1.165) is 15.5 Å². The Bertz CT molecular complexity index is 848. The van der Waals surface area contributed by atoms with Crippen molar-refractivity contribution in [3.8, 4) is 0 Å². The highest BCUT2D eigenvalue weighted by Crippen LogP contribution is 2.23. The number of rotatable bonds is 3. The molecule has 0 aliphatic heterocycles. The van der Waals surface area contributed by atoms with Gasteiger partial charge in [-0.15, -0.1) is 0 Å². The first-order chi connectivity index (χ1) is 10.5. The third-order valence-electron chi connectivity index (χ3n) is 3.40. The summed E-state index contributed by atoms with van der Waals surface area (Å²) in [5.74, 6) is -0.0252. The quantitative estimate of drug-likeness (QED) is 0.700. The van der Waals surface area contributed by atoms with Crippen LogP contribution in [0.2, 0.25) is 0 Å². The van der Waals surface area contributed by atoms with Crippen LogP contribution in [0.25, 0.3) is 11.0 Å². The van der Waals surface area contributed by atoms with Crippen molar-refractivity contribution in [2.24, 2.45) is 0 Å². The fourth-order valence-electron chi connectivity index (χ4n) is 2.37. The Labute approximate surface area is 134 Å². The molecule has 0 bridgehead atoms. The van der Waals surface area contributed by atoms with Gasteiger partial charge in [-0.25, -0.2) is 9.97 Å². The highest BCUT2D eigenvalue weighted by molar-refractivity contribution is 9.10. The Kier molecular flexibility index (Phi) is 3.61. The Balaban J connectivity index is 2.02. The molecule has 0 radical (unpaired) electrons. The van der Waals surface area contributed by atoms with Crippen LogP contribution in [0.15, 0.2) is 29.0 Å². The van der Waals surface area contributed by atoms with Crippen LogP contribution in [0.3, 0.4) is 0 Å². The van der Waals surface area contributed by atoms with Crippen LogP contribution in [-0.4, -0.2) is 30.4 Å². The lowest BCUT2D eigenvalue weighted by atomic mass is 10.3. The first-order valence-electron chi connectivity index (χ1n) is 6.71. The summed E-state index contributed by atoms with van der Waals surface area (Å²) in [6, 6.07) is 5.75. The number of hydrogen-bond donors (Lipinski definition) is 2. The van der Waals surface area contributed by atoms with Crippen molar-refractivity contribution in [2.75, 3.05) is 5.32 Å². The fraction of sp³-hybridized carbons (Fsp3) is 0.214. The number of amides is 1. The maximum absolute atomic E-state index is 12.3. The number of nitrogens with zero attached hydrogens (tertiary/aromatic N) is 4. The number of carbonyl (C=O) groups excluding carboxylic acids is 1. The lowest BCUT2D eigenvalue weighted by molar-refractivity contribution is 0.0970. The molecule has 0 aliphatic rings. The summed E-state index contributed by atoms with van der Waals surface area (Å²) < 4.78 is 3.52. The lowest BCUT2D eigenvalue weighted by Crippen LogP contribution is -2.19. The Hall–Kier alpha value is -2.35. The molecular formula is C14H14BrN5O2. The molecule has 0 fully saturated rings. The summed E-state index contributed by atoms with van der Waals surface area (Å²) in [5.41, 5.74) is 2.24. The number of aryl methyl sites for hydroxylation is 2. The van der Waals surface area contributed by atoms with Crippen molar-refractivity contribution in [1.82, 2.24) is 19.3 Å². The van der Waals surface area contributed by atoms with Crippen LogP contribution in [0.1, 0.15) is 23.1 Å². The highest BCUT2D eigenvalue weighted by atomic mass is 79.9. The zero-order valence-electron chi connectivity index (χ0n) is 12.0. The van der Waals surface area contributed by atoms with E-state index in [-0.39, 0.29) is 5.69 Å². The molecule has 0 unspecified atom stereocenters. The second-order valence-corrected chi connectivity index (χ2v) is 5.71. The highest BCUT2D eigenvalue weighted by Gasteiger charge is 2.19. The van der Waals surface area contributed by atoms with E-state index in [4.69, 9.17) is 0 Å². The summed E-state index contributed by atoms with van der Waals surface area (Å²) in [6.07, 6.45) is 1.18. The molecule has 114 valence electrons. The average Bonchev–Trinajstić information content (AvgIpc) is 2.97. The molecule has 2 aromatic heterocycles. The molecule has 0 saturated heterocycles. The first kappa shape index (κ1) is 14.6. The molecule has 8 heteroatoms. The van der Waals surface area contributed by atoms with E-state index < -0.39 is 5.91 Å². The smallest absolute Gasteiger partial charge is 0.280 e. The van der Waals surface area contributed by atoms with Crippen LogP contribution < -0.4 is 5.32 Å². The second kappa shape index (κ2) is 5.45. The van der Waals surface area contributed by atoms with Gasteiger partial charge in [0.2, 0.25) is 5.95 Å². The van der Waals surface area contributed by atoms with Gasteiger partial charge in [0.25, 0.3) is 5.91 Å². The Morgan fingerprint density at radius 1 is 1.45 bits per heavy atom. The number of halogens is 1. The second-order valence-electron chi connectivity index (χ2n) is 4.79. The predicted molar refractivity (Wildman–Crippen MR) is 85.2 cm³/mol. The van der Waals surface area contributed by atoms with Crippen LogP contribution in [0.5, 0.6) is 0 Å². The van der Waals surface area contributed by atoms with Crippen molar-refractivity contribution in [3.05, 3.63) is 40.4 Å². The summed E-state index contributed by atoms with van der Waals surface area (Å²) in [6.45, 7) is 4.28. The number of hydrogen-bond acceptors (Lipinski definition) is 4. The zero-order chi connectivity index (χ0) is 15.9. The van der Waals surface area contributed by atoms with E-state index >= 15 is 0 Å². The summed E-state index contributed by atoms with van der Waals surface area (Å²) in [5, 5.41) is 12.4. The molecule has 1 amide bonds. The number of aromatic nitrogens is 4. The van der Waals surface area contributed by atoms with Crippen molar-refractivity contribution in [3.63, 3.8) is 0 Å². The normalized spacial score (nSPS) is 11.0. The van der Waals surface area contributed by atoms with E-state index in [1.165, 1.54) is 6.33 Å². The predicted octanol–water partition coefficient (Wildman–Crippen LogP) is 2.81. The van der Waals surface area contributed by atoms with Gasteiger partial charge in [-0.2, -0.15) is 4.73 Å². The largest absolute Gasteiger partial charge is 0.427 e. The monoisotopic (exact) mass is 363 g/mol. The van der Waals surface area contributed by atoms with Gasteiger partial charge in [0.1, 0.15) is 6.33 Å². The molecule has 0 saturated carbocycles. The minimum absolute atomic E-state index is 0.0934. The van der Waals surface area contributed by atoms with E-state index in [1.807, 2.05) is 29.7 Å². The van der Waals surface area contributed by atoms with Gasteiger partial charge >= 0.3 is 0 Å². The third-order valence-corrected chi connectivity index (χ3v) is 3.89. The lowest BCUT2D eigenvalue weighted by Gasteiger charge is -2.08.